The Balaban J connectivity index is 0.00000442. The maximum atomic E-state index is 13.6. The highest BCUT2D eigenvalue weighted by molar-refractivity contribution is 6.34. The van der Waals surface area contributed by atoms with Gasteiger partial charge < -0.3 is 25.4 Å². The van der Waals surface area contributed by atoms with E-state index in [4.69, 9.17) is 17.3 Å². The first-order valence-electron chi connectivity index (χ1n) is 13.5. The van der Waals surface area contributed by atoms with Gasteiger partial charge in [0.25, 0.3) is 11.8 Å². The first kappa shape index (κ1) is 33.2. The average Bonchev–Trinajstić information content (AvgIpc) is 3.54. The number of hydrogen-bond donors (Lipinski definition) is 2. The zero-order chi connectivity index (χ0) is 31.1. The van der Waals surface area contributed by atoms with Gasteiger partial charge in [-0.15, -0.1) is 12.4 Å². The van der Waals surface area contributed by atoms with Gasteiger partial charge in [-0.05, 0) is 31.0 Å². The Kier molecular flexibility index (Phi) is 9.90. The summed E-state index contributed by atoms with van der Waals surface area (Å²) in [5.74, 6) is -1.23. The predicted octanol–water partition coefficient (Wildman–Crippen LogP) is 3.62. The molecule has 1 aromatic carbocycles. The van der Waals surface area contributed by atoms with E-state index in [1.807, 2.05) is 0 Å². The van der Waals surface area contributed by atoms with Crippen molar-refractivity contribution in [1.82, 2.24) is 29.1 Å². The molecular weight excluding hydrogens is 631 g/mol. The van der Waals surface area contributed by atoms with Gasteiger partial charge in [0, 0.05) is 57.1 Å². The van der Waals surface area contributed by atoms with E-state index < -0.39 is 24.5 Å². The van der Waals surface area contributed by atoms with E-state index >= 15 is 0 Å². The van der Waals surface area contributed by atoms with Gasteiger partial charge in [0.1, 0.15) is 6.67 Å². The fourth-order valence-corrected chi connectivity index (χ4v) is 5.53. The van der Waals surface area contributed by atoms with E-state index in [1.165, 1.54) is 29.8 Å². The van der Waals surface area contributed by atoms with Crippen molar-refractivity contribution in [3.63, 3.8) is 0 Å². The van der Waals surface area contributed by atoms with E-state index in [0.717, 1.165) is 17.1 Å². The van der Waals surface area contributed by atoms with Gasteiger partial charge in [-0.2, -0.15) is 18.3 Å². The van der Waals surface area contributed by atoms with E-state index in [0.29, 0.717) is 39.0 Å². The van der Waals surface area contributed by atoms with Crippen LogP contribution in [0.15, 0.2) is 30.6 Å². The van der Waals surface area contributed by atoms with Crippen LogP contribution in [0.25, 0.3) is 11.3 Å². The SMILES string of the molecule is Cl.Cn1c(-c2cn(CCF)nc2C(F)(F)F)cnc1C(=O)Nc1ccc(C(=O)N2CCN(C(=O)C3CC(N)C3)CC2)c(Cl)c1. The summed E-state index contributed by atoms with van der Waals surface area (Å²) in [6, 6.07) is 4.40. The minimum Gasteiger partial charge on any atom is -0.339 e. The molecule has 2 aromatic heterocycles. The molecule has 0 spiro atoms. The number of nitrogens with two attached hydrogens (primary N) is 1. The number of hydrogen-bond acceptors (Lipinski definition) is 6. The summed E-state index contributed by atoms with van der Waals surface area (Å²) in [6.07, 6.45) is -1.29. The van der Waals surface area contributed by atoms with Gasteiger partial charge in [-0.25, -0.2) is 9.37 Å². The van der Waals surface area contributed by atoms with Crippen LogP contribution in [0.1, 0.15) is 39.5 Å². The maximum absolute atomic E-state index is 13.6. The molecule has 11 nitrogen and oxygen atoms in total. The number of imidazole rings is 1. The van der Waals surface area contributed by atoms with E-state index in [1.54, 1.807) is 9.80 Å². The largest absolute Gasteiger partial charge is 0.435 e. The third-order valence-corrected chi connectivity index (χ3v) is 7.98. The molecular formula is C27H30Cl2F4N8O3. The van der Waals surface area contributed by atoms with E-state index in [9.17, 15) is 31.9 Å². The second-order valence-electron chi connectivity index (χ2n) is 10.6. The van der Waals surface area contributed by atoms with E-state index in [-0.39, 0.29) is 76.1 Å². The fraction of sp³-hybridized carbons (Fsp3) is 0.444. The van der Waals surface area contributed by atoms with Gasteiger partial charge in [0.15, 0.2) is 11.5 Å². The fourth-order valence-electron chi connectivity index (χ4n) is 5.27. The number of aryl methyl sites for hydroxylation is 1. The van der Waals surface area contributed by atoms with Crippen molar-refractivity contribution in [2.24, 2.45) is 18.7 Å². The third kappa shape index (κ3) is 6.69. The maximum Gasteiger partial charge on any atom is 0.435 e. The van der Waals surface area contributed by atoms with Gasteiger partial charge in [-0.1, -0.05) is 11.6 Å². The van der Waals surface area contributed by atoms with Crippen LogP contribution in [0.4, 0.5) is 23.2 Å². The molecule has 5 rings (SSSR count). The summed E-state index contributed by atoms with van der Waals surface area (Å²) in [7, 11) is 1.37. The highest BCUT2D eigenvalue weighted by Crippen LogP contribution is 2.36. The molecule has 3 heterocycles. The lowest BCUT2D eigenvalue weighted by molar-refractivity contribution is -0.141. The molecule has 0 radical (unpaired) electrons. The molecule has 2 aliphatic rings. The van der Waals surface area contributed by atoms with Crippen molar-refractivity contribution in [2.45, 2.75) is 31.6 Å². The minimum absolute atomic E-state index is 0. The van der Waals surface area contributed by atoms with Crippen LogP contribution in [0.3, 0.4) is 0 Å². The van der Waals surface area contributed by atoms with Gasteiger partial charge >= 0.3 is 6.18 Å². The van der Waals surface area contributed by atoms with Crippen LogP contribution in [-0.2, 0) is 24.6 Å². The van der Waals surface area contributed by atoms with Gasteiger partial charge in [0.2, 0.25) is 5.91 Å². The number of rotatable bonds is 7. The third-order valence-electron chi connectivity index (χ3n) is 7.67. The Hall–Kier alpha value is -3.69. The van der Waals surface area contributed by atoms with E-state index in [2.05, 4.69) is 15.4 Å². The Labute approximate surface area is 260 Å². The number of halogens is 6. The number of alkyl halides is 4. The summed E-state index contributed by atoms with van der Waals surface area (Å²) in [5.41, 5.74) is 4.63. The normalized spacial score (nSPS) is 18.4. The quantitative estimate of drug-likeness (QED) is 0.372. The molecule has 0 atom stereocenters. The van der Waals surface area contributed by atoms with Crippen LogP contribution in [0, 0.1) is 5.92 Å². The zero-order valence-corrected chi connectivity index (χ0v) is 25.1. The Morgan fingerprint density at radius 3 is 2.36 bits per heavy atom. The summed E-state index contributed by atoms with van der Waals surface area (Å²) in [5, 5.41) is 6.12. The Morgan fingerprint density at radius 1 is 1.11 bits per heavy atom. The number of anilines is 1. The number of nitrogens with zero attached hydrogens (tertiary/aromatic N) is 6. The van der Waals surface area contributed by atoms with Crippen LogP contribution in [0.2, 0.25) is 5.02 Å². The second kappa shape index (κ2) is 13.1. The Bertz CT molecular complexity index is 1550. The van der Waals surface area contributed by atoms with Crippen molar-refractivity contribution in [3.05, 3.63) is 52.7 Å². The van der Waals surface area contributed by atoms with Crippen LogP contribution in [0.5, 0.6) is 0 Å². The van der Waals surface area contributed by atoms with Crippen LogP contribution < -0.4 is 11.1 Å². The lowest BCUT2D eigenvalue weighted by Gasteiger charge is -2.40. The lowest BCUT2D eigenvalue weighted by atomic mass is 9.80. The average molecular weight is 661 g/mol. The molecule has 1 aliphatic heterocycles. The zero-order valence-electron chi connectivity index (χ0n) is 23.5. The van der Waals surface area contributed by atoms with Crippen LogP contribution in [-0.4, -0.2) is 85.7 Å². The number of nitrogens with one attached hydrogen (secondary N) is 1. The number of piperazine rings is 1. The number of amides is 3. The number of benzene rings is 1. The first-order valence-corrected chi connectivity index (χ1v) is 13.9. The standard InChI is InChI=1S/C27H29ClF4N8O3.ClH/c1-37-21(19-14-40(5-4-29)36-22(19)27(30,31)32)13-34-23(37)24(41)35-17-2-3-18(20(28)12-17)26(43)39-8-6-38(7-9-39)25(42)15-10-16(33)11-15;/h2-3,12-16H,4-11,33H2,1H3,(H,35,41);1H. The molecule has 2 fully saturated rings. The molecule has 3 N–H and O–H groups in total. The molecule has 238 valence electrons. The van der Waals surface area contributed by atoms with Crippen molar-refractivity contribution < 1.29 is 31.9 Å². The monoisotopic (exact) mass is 660 g/mol. The summed E-state index contributed by atoms with van der Waals surface area (Å²) < 4.78 is 55.5. The predicted molar refractivity (Wildman–Crippen MR) is 155 cm³/mol. The smallest absolute Gasteiger partial charge is 0.339 e. The van der Waals surface area contributed by atoms with Gasteiger partial charge in [-0.3, -0.25) is 19.1 Å². The molecule has 3 aromatic rings. The topological polar surface area (TPSA) is 131 Å². The number of carbonyl (C=O) groups excluding carboxylic acids is 3. The number of aromatic nitrogens is 4. The van der Waals surface area contributed by atoms with Crippen molar-refractivity contribution >= 4 is 47.4 Å². The summed E-state index contributed by atoms with van der Waals surface area (Å²) in [4.78, 5) is 46.0. The molecule has 3 amide bonds. The molecule has 1 saturated carbocycles. The molecule has 44 heavy (non-hydrogen) atoms. The molecule has 17 heteroatoms. The van der Waals surface area contributed by atoms with Crippen molar-refractivity contribution in [2.75, 3.05) is 38.2 Å². The molecule has 0 bridgehead atoms. The molecule has 0 unspecified atom stereocenters. The number of carbonyl (C=O) groups is 3. The summed E-state index contributed by atoms with van der Waals surface area (Å²) >= 11 is 6.40. The van der Waals surface area contributed by atoms with Crippen molar-refractivity contribution in [1.29, 1.82) is 0 Å². The second-order valence-corrected chi connectivity index (χ2v) is 11.0. The van der Waals surface area contributed by atoms with Crippen molar-refractivity contribution in [3.8, 4) is 11.3 Å². The minimum atomic E-state index is -4.81. The highest BCUT2D eigenvalue weighted by Gasteiger charge is 2.39. The molecule has 1 aliphatic carbocycles. The Morgan fingerprint density at radius 2 is 1.77 bits per heavy atom. The van der Waals surface area contributed by atoms with Gasteiger partial charge in [0.05, 0.1) is 34.6 Å². The first-order chi connectivity index (χ1) is 20.4. The summed E-state index contributed by atoms with van der Waals surface area (Å²) in [6.45, 7) is 0.256. The van der Waals surface area contributed by atoms with Crippen LogP contribution >= 0.6 is 24.0 Å². The molecule has 1 saturated heterocycles. The lowest BCUT2D eigenvalue weighted by Crippen LogP contribution is -2.54. The highest BCUT2D eigenvalue weighted by atomic mass is 35.5.